The van der Waals surface area contributed by atoms with Crippen LogP contribution in [0.5, 0.6) is 0 Å². The van der Waals surface area contributed by atoms with E-state index in [4.69, 9.17) is 5.11 Å². The van der Waals surface area contributed by atoms with E-state index in [9.17, 15) is 27.2 Å². The van der Waals surface area contributed by atoms with Crippen molar-refractivity contribution in [3.63, 3.8) is 0 Å². The van der Waals surface area contributed by atoms with Gasteiger partial charge in [-0.15, -0.1) is 11.3 Å². The molecule has 1 atom stereocenters. The molecule has 0 saturated carbocycles. The van der Waals surface area contributed by atoms with Crippen LogP contribution in [0.15, 0.2) is 30.6 Å². The number of aliphatic carboxylic acids is 1. The lowest BCUT2D eigenvalue weighted by molar-refractivity contribution is -0.139. The molecule has 1 aromatic carbocycles. The number of thiazole rings is 1. The summed E-state index contributed by atoms with van der Waals surface area (Å²) in [5.41, 5.74) is -0.772. The van der Waals surface area contributed by atoms with Gasteiger partial charge in [-0.05, 0) is 38.2 Å². The summed E-state index contributed by atoms with van der Waals surface area (Å²) >= 11 is 1.21. The fraction of sp³-hybridized carbons (Fsp3) is 0.464. The molecule has 3 aromatic rings. The molecule has 1 N–H and O–H groups in total. The van der Waals surface area contributed by atoms with Gasteiger partial charge in [-0.25, -0.2) is 19.3 Å². The lowest BCUT2D eigenvalue weighted by Gasteiger charge is -2.39. The highest BCUT2D eigenvalue weighted by Gasteiger charge is 2.32. The van der Waals surface area contributed by atoms with Crippen LogP contribution in [-0.4, -0.2) is 86.9 Å². The van der Waals surface area contributed by atoms with Crippen molar-refractivity contribution in [3.8, 4) is 11.3 Å². The zero-order valence-corrected chi connectivity index (χ0v) is 24.3. The Morgan fingerprint density at radius 2 is 1.86 bits per heavy atom. The molecular weight excluding hydrogens is 576 g/mol. The first-order valence-electron chi connectivity index (χ1n) is 13.5. The number of hydrogen-bond donors (Lipinski definition) is 1. The van der Waals surface area contributed by atoms with Crippen LogP contribution in [0.25, 0.3) is 11.3 Å². The van der Waals surface area contributed by atoms with Crippen molar-refractivity contribution >= 4 is 28.9 Å². The van der Waals surface area contributed by atoms with Crippen molar-refractivity contribution in [2.45, 2.75) is 46.0 Å². The van der Waals surface area contributed by atoms with Crippen molar-refractivity contribution in [1.29, 1.82) is 0 Å². The van der Waals surface area contributed by atoms with Gasteiger partial charge in [0.15, 0.2) is 5.78 Å². The van der Waals surface area contributed by atoms with E-state index in [1.807, 2.05) is 30.6 Å². The largest absolute Gasteiger partial charge is 0.480 e. The fourth-order valence-electron chi connectivity index (χ4n) is 4.90. The number of aromatic nitrogens is 3. The molecule has 1 aliphatic heterocycles. The van der Waals surface area contributed by atoms with Crippen LogP contribution in [0.1, 0.15) is 46.7 Å². The monoisotopic (exact) mass is 608 g/mol. The average Bonchev–Trinajstić information content (AvgIpc) is 3.32. The van der Waals surface area contributed by atoms with E-state index >= 15 is 0 Å². The van der Waals surface area contributed by atoms with E-state index in [0.29, 0.717) is 61.0 Å². The third kappa shape index (κ3) is 7.66. The van der Waals surface area contributed by atoms with Gasteiger partial charge in [0.2, 0.25) is 0 Å². The lowest BCUT2D eigenvalue weighted by atomic mass is 10.1. The predicted molar refractivity (Wildman–Crippen MR) is 150 cm³/mol. The van der Waals surface area contributed by atoms with Crippen LogP contribution >= 0.6 is 11.3 Å². The highest BCUT2D eigenvalue weighted by molar-refractivity contribution is 7.12. The van der Waals surface area contributed by atoms with Crippen molar-refractivity contribution in [3.05, 3.63) is 57.6 Å². The number of hydrogen-bond acceptors (Lipinski definition) is 9. The fourth-order valence-corrected chi connectivity index (χ4v) is 6.03. The van der Waals surface area contributed by atoms with E-state index in [0.717, 1.165) is 12.1 Å². The Hall–Kier alpha value is -3.49. The molecule has 1 aliphatic rings. The van der Waals surface area contributed by atoms with Gasteiger partial charge in [0, 0.05) is 42.7 Å². The van der Waals surface area contributed by atoms with E-state index in [1.54, 1.807) is 0 Å². The van der Waals surface area contributed by atoms with E-state index in [-0.39, 0.29) is 41.7 Å². The maximum atomic E-state index is 14.2. The number of halogens is 4. The van der Waals surface area contributed by atoms with Gasteiger partial charge in [-0.3, -0.25) is 19.4 Å². The number of ketones is 1. The van der Waals surface area contributed by atoms with Gasteiger partial charge in [0.25, 0.3) is 0 Å². The summed E-state index contributed by atoms with van der Waals surface area (Å²) in [5.74, 6) is -1.70. The van der Waals surface area contributed by atoms with Crippen molar-refractivity contribution in [2.24, 2.45) is 0 Å². The molecule has 0 spiro atoms. The Labute approximate surface area is 244 Å². The minimum atomic E-state index is -4.72. The van der Waals surface area contributed by atoms with Crippen molar-refractivity contribution in [1.82, 2.24) is 24.8 Å². The first-order valence-corrected chi connectivity index (χ1v) is 14.3. The summed E-state index contributed by atoms with van der Waals surface area (Å²) < 4.78 is 54.4. The quantitative estimate of drug-likeness (QED) is 0.247. The number of benzene rings is 1. The highest BCUT2D eigenvalue weighted by atomic mass is 32.1. The van der Waals surface area contributed by atoms with E-state index < -0.39 is 23.5 Å². The third-order valence-electron chi connectivity index (χ3n) is 7.10. The molecule has 9 nitrogen and oxygen atoms in total. The standard InChI is InChI=1S/C28H32F4N6O3S/c1-4-36(5-2)15-23-27(18-8-19(28(30,31)32)10-20(29)9-18)35-25(42-23)11-22(39)21-12-34-24(13-33-21)38-7-6-37(14-17(38)3)16-26(40)41/h8-10,12-13,17H,4-7,11,14-16H2,1-3H3,(H,40,41)/t17-/m1/s1. The molecule has 14 heteroatoms. The van der Waals surface area contributed by atoms with Gasteiger partial charge in [0.05, 0.1) is 36.6 Å². The van der Waals surface area contributed by atoms with Crippen LogP contribution in [0.2, 0.25) is 0 Å². The number of carbonyl (C=O) groups excluding carboxylic acids is 1. The Bertz CT molecular complexity index is 1410. The second-order valence-electron chi connectivity index (χ2n) is 10.1. The number of anilines is 1. The molecule has 0 aliphatic carbocycles. The number of alkyl halides is 3. The number of carboxylic acid groups (broad SMARTS) is 1. The minimum Gasteiger partial charge on any atom is -0.480 e. The lowest BCUT2D eigenvalue weighted by Crippen LogP contribution is -2.53. The molecule has 1 saturated heterocycles. The molecule has 226 valence electrons. The third-order valence-corrected chi connectivity index (χ3v) is 8.14. The molecule has 4 rings (SSSR count). The summed E-state index contributed by atoms with van der Waals surface area (Å²) in [6.07, 6.45) is -1.99. The maximum Gasteiger partial charge on any atom is 0.416 e. The summed E-state index contributed by atoms with van der Waals surface area (Å²) in [5, 5.41) is 9.42. The Balaban J connectivity index is 1.54. The number of carbonyl (C=O) groups is 2. The summed E-state index contributed by atoms with van der Waals surface area (Å²) in [6.45, 7) is 9.26. The maximum absolute atomic E-state index is 14.2. The summed E-state index contributed by atoms with van der Waals surface area (Å²) in [7, 11) is 0. The van der Waals surface area contributed by atoms with E-state index in [2.05, 4.69) is 19.9 Å². The molecule has 42 heavy (non-hydrogen) atoms. The van der Waals surface area contributed by atoms with Gasteiger partial charge in [-0.2, -0.15) is 13.2 Å². The zero-order valence-electron chi connectivity index (χ0n) is 23.5. The van der Waals surface area contributed by atoms with E-state index in [1.165, 1.54) is 23.7 Å². The highest BCUT2D eigenvalue weighted by Crippen LogP contribution is 2.36. The second kappa shape index (κ2) is 13.2. The Morgan fingerprint density at radius 1 is 1.12 bits per heavy atom. The van der Waals surface area contributed by atoms with Crippen LogP contribution in [0, 0.1) is 5.82 Å². The smallest absolute Gasteiger partial charge is 0.416 e. The van der Waals surface area contributed by atoms with Gasteiger partial charge in [-0.1, -0.05) is 13.8 Å². The normalized spacial score (nSPS) is 16.3. The molecule has 0 bridgehead atoms. The first-order chi connectivity index (χ1) is 19.9. The van der Waals surface area contributed by atoms with Crippen LogP contribution in [0.4, 0.5) is 23.4 Å². The minimum absolute atomic E-state index is 0.00106. The molecule has 3 heterocycles. The molecular formula is C28H32F4N6O3S. The molecule has 0 amide bonds. The topological polar surface area (TPSA) is 103 Å². The SMILES string of the molecule is CCN(CC)Cc1sc(CC(=O)c2cnc(N3CCN(CC(=O)O)C[C@H]3C)cn2)nc1-c1cc(F)cc(C(F)(F)F)c1. The molecule has 1 fully saturated rings. The van der Waals surface area contributed by atoms with Gasteiger partial charge < -0.3 is 10.0 Å². The van der Waals surface area contributed by atoms with Gasteiger partial charge >= 0.3 is 12.1 Å². The number of piperazine rings is 1. The Morgan fingerprint density at radius 3 is 2.45 bits per heavy atom. The summed E-state index contributed by atoms with van der Waals surface area (Å²) in [6, 6.07) is 2.34. The van der Waals surface area contributed by atoms with Crippen molar-refractivity contribution in [2.75, 3.05) is 44.2 Å². The Kier molecular flexibility index (Phi) is 9.89. The number of Topliss-reactive ketones (excluding diaryl/α,β-unsaturated/α-hetero) is 1. The molecule has 2 aromatic heterocycles. The number of nitrogens with zero attached hydrogens (tertiary/aromatic N) is 6. The molecule has 0 radical (unpaired) electrons. The van der Waals surface area contributed by atoms with Crippen LogP contribution < -0.4 is 4.90 Å². The summed E-state index contributed by atoms with van der Waals surface area (Å²) in [4.78, 5) is 43.9. The van der Waals surface area contributed by atoms with Crippen molar-refractivity contribution < 1.29 is 32.3 Å². The second-order valence-corrected chi connectivity index (χ2v) is 11.3. The van der Waals surface area contributed by atoms with Crippen LogP contribution in [-0.2, 0) is 23.9 Å². The zero-order chi connectivity index (χ0) is 30.6. The van der Waals surface area contributed by atoms with Gasteiger partial charge in [0.1, 0.15) is 22.3 Å². The molecule has 0 unspecified atom stereocenters. The number of carboxylic acids is 1. The van der Waals surface area contributed by atoms with Crippen LogP contribution in [0.3, 0.4) is 0 Å². The predicted octanol–water partition coefficient (Wildman–Crippen LogP) is 4.62. The first kappa shape index (κ1) is 31.4. The number of rotatable bonds is 11. The average molecular weight is 609 g/mol.